The summed E-state index contributed by atoms with van der Waals surface area (Å²) >= 11 is 0. The second-order valence-corrected chi connectivity index (χ2v) is 7.39. The third-order valence-electron chi connectivity index (χ3n) is 5.50. The number of para-hydroxylation sites is 1. The van der Waals surface area contributed by atoms with E-state index in [-0.39, 0.29) is 36.4 Å². The molecule has 26 heavy (non-hydrogen) atoms. The van der Waals surface area contributed by atoms with Crippen molar-refractivity contribution >= 4 is 11.8 Å². The Balaban J connectivity index is 1.50. The Kier molecular flexibility index (Phi) is 6.14. The van der Waals surface area contributed by atoms with Gasteiger partial charge in [-0.05, 0) is 49.7 Å². The lowest BCUT2D eigenvalue weighted by Gasteiger charge is -2.43. The molecule has 1 saturated carbocycles. The first-order valence-corrected chi connectivity index (χ1v) is 9.33. The fourth-order valence-corrected chi connectivity index (χ4v) is 4.24. The highest BCUT2D eigenvalue weighted by atomic mass is 16.5. The van der Waals surface area contributed by atoms with Crippen LogP contribution in [-0.4, -0.2) is 44.2 Å². The first-order valence-electron chi connectivity index (χ1n) is 9.33. The molecule has 1 aromatic rings. The summed E-state index contributed by atoms with van der Waals surface area (Å²) in [7, 11) is 1.68. The quantitative estimate of drug-likeness (QED) is 0.811. The Morgan fingerprint density at radius 1 is 1.31 bits per heavy atom. The van der Waals surface area contributed by atoms with Crippen molar-refractivity contribution in [2.24, 2.45) is 11.8 Å². The number of aryl methyl sites for hydroxylation is 1. The van der Waals surface area contributed by atoms with Gasteiger partial charge in [-0.3, -0.25) is 9.59 Å². The molecule has 2 fully saturated rings. The maximum atomic E-state index is 12.2. The number of carbonyl (C=O) groups excluding carboxylic acids is 2. The summed E-state index contributed by atoms with van der Waals surface area (Å²) in [5.41, 5.74) is 1.01. The standard InChI is InChI=1S/C20H28N2O4/c1-13-5-3-4-6-18(13)26-12-20(24)21-15-7-8-16-14(11-25-2)9-19(23)22-17(16)10-15/h3-6,14-17H,7-12H2,1-2H3,(H,21,24)(H,22,23). The second kappa shape index (κ2) is 8.54. The molecule has 1 aliphatic heterocycles. The van der Waals surface area contributed by atoms with Crippen LogP contribution in [0.2, 0.25) is 0 Å². The molecular weight excluding hydrogens is 332 g/mol. The van der Waals surface area contributed by atoms with E-state index in [9.17, 15) is 9.59 Å². The van der Waals surface area contributed by atoms with Crippen LogP contribution in [0.25, 0.3) is 0 Å². The van der Waals surface area contributed by atoms with Gasteiger partial charge in [-0.25, -0.2) is 0 Å². The minimum Gasteiger partial charge on any atom is -0.484 e. The molecule has 3 rings (SSSR count). The molecule has 2 amide bonds. The average Bonchev–Trinajstić information content (AvgIpc) is 2.61. The smallest absolute Gasteiger partial charge is 0.258 e. The van der Waals surface area contributed by atoms with Gasteiger partial charge in [0.25, 0.3) is 5.91 Å². The van der Waals surface area contributed by atoms with Gasteiger partial charge in [0.15, 0.2) is 6.61 Å². The third kappa shape index (κ3) is 4.55. The molecule has 4 atom stereocenters. The Bertz CT molecular complexity index is 648. The van der Waals surface area contributed by atoms with Crippen molar-refractivity contribution in [3.63, 3.8) is 0 Å². The summed E-state index contributed by atoms with van der Waals surface area (Å²) < 4.78 is 10.9. The van der Waals surface area contributed by atoms with E-state index in [4.69, 9.17) is 9.47 Å². The normalized spacial score (nSPS) is 28.0. The second-order valence-electron chi connectivity index (χ2n) is 7.39. The average molecular weight is 360 g/mol. The Morgan fingerprint density at radius 2 is 2.12 bits per heavy atom. The third-order valence-corrected chi connectivity index (χ3v) is 5.50. The van der Waals surface area contributed by atoms with Gasteiger partial charge in [0.1, 0.15) is 5.75 Å². The molecule has 0 spiro atoms. The van der Waals surface area contributed by atoms with Gasteiger partial charge in [-0.1, -0.05) is 18.2 Å². The molecule has 142 valence electrons. The molecule has 1 aliphatic carbocycles. The molecular formula is C20H28N2O4. The predicted octanol–water partition coefficient (Wildman–Crippen LogP) is 1.81. The molecule has 1 saturated heterocycles. The van der Waals surface area contributed by atoms with Crippen LogP contribution < -0.4 is 15.4 Å². The van der Waals surface area contributed by atoms with Crippen molar-refractivity contribution in [3.8, 4) is 5.75 Å². The summed E-state index contributed by atoms with van der Waals surface area (Å²) in [4.78, 5) is 24.2. The Labute approximate surface area is 154 Å². The van der Waals surface area contributed by atoms with Gasteiger partial charge in [0.05, 0.1) is 0 Å². The van der Waals surface area contributed by atoms with E-state index >= 15 is 0 Å². The monoisotopic (exact) mass is 360 g/mol. The van der Waals surface area contributed by atoms with E-state index in [1.165, 1.54) is 0 Å². The predicted molar refractivity (Wildman–Crippen MR) is 97.9 cm³/mol. The summed E-state index contributed by atoms with van der Waals surface area (Å²) in [6.07, 6.45) is 3.22. The molecule has 4 unspecified atom stereocenters. The number of fused-ring (bicyclic) bond motifs is 1. The number of nitrogens with one attached hydrogen (secondary N) is 2. The van der Waals surface area contributed by atoms with Crippen molar-refractivity contribution in [1.82, 2.24) is 10.6 Å². The zero-order chi connectivity index (χ0) is 18.5. The number of ether oxygens (including phenoxy) is 2. The van der Waals surface area contributed by atoms with Crippen LogP contribution in [0.5, 0.6) is 5.75 Å². The summed E-state index contributed by atoms with van der Waals surface area (Å²) in [6, 6.07) is 7.84. The van der Waals surface area contributed by atoms with Crippen LogP contribution in [0.1, 0.15) is 31.2 Å². The molecule has 0 radical (unpaired) electrons. The number of piperidine rings is 1. The van der Waals surface area contributed by atoms with Crippen LogP contribution in [0.3, 0.4) is 0 Å². The number of amides is 2. The van der Waals surface area contributed by atoms with Crippen LogP contribution >= 0.6 is 0 Å². The lowest BCUT2D eigenvalue weighted by atomic mass is 9.71. The van der Waals surface area contributed by atoms with Gasteiger partial charge in [-0.15, -0.1) is 0 Å². The van der Waals surface area contributed by atoms with Crippen molar-refractivity contribution in [1.29, 1.82) is 0 Å². The summed E-state index contributed by atoms with van der Waals surface area (Å²) in [5, 5.41) is 6.15. The molecule has 6 nitrogen and oxygen atoms in total. The topological polar surface area (TPSA) is 76.7 Å². The highest BCUT2D eigenvalue weighted by molar-refractivity contribution is 5.78. The number of hydrogen-bond donors (Lipinski definition) is 2. The summed E-state index contributed by atoms with van der Waals surface area (Å²) in [5.74, 6) is 1.41. The van der Waals surface area contributed by atoms with E-state index < -0.39 is 0 Å². The molecule has 2 N–H and O–H groups in total. The lowest BCUT2D eigenvalue weighted by molar-refractivity contribution is -0.128. The molecule has 2 aliphatic rings. The largest absolute Gasteiger partial charge is 0.484 e. The van der Waals surface area contributed by atoms with Crippen molar-refractivity contribution in [2.75, 3.05) is 20.3 Å². The minimum atomic E-state index is -0.118. The van der Waals surface area contributed by atoms with Gasteiger partial charge >= 0.3 is 0 Å². The number of benzene rings is 1. The van der Waals surface area contributed by atoms with Crippen LogP contribution in [0.15, 0.2) is 24.3 Å². The minimum absolute atomic E-state index is 0.00804. The fraction of sp³-hybridized carbons (Fsp3) is 0.600. The zero-order valence-electron chi connectivity index (χ0n) is 15.5. The van der Waals surface area contributed by atoms with E-state index in [1.807, 2.05) is 31.2 Å². The van der Waals surface area contributed by atoms with Crippen molar-refractivity contribution in [3.05, 3.63) is 29.8 Å². The maximum absolute atomic E-state index is 12.2. The molecule has 0 aromatic heterocycles. The first kappa shape index (κ1) is 18.7. The molecule has 0 bridgehead atoms. The number of carbonyl (C=O) groups is 2. The number of hydrogen-bond acceptors (Lipinski definition) is 4. The van der Waals surface area contributed by atoms with Gasteiger partial charge in [0, 0.05) is 32.2 Å². The Hall–Kier alpha value is -2.08. The van der Waals surface area contributed by atoms with E-state index in [1.54, 1.807) is 7.11 Å². The van der Waals surface area contributed by atoms with Gasteiger partial charge in [0.2, 0.25) is 5.91 Å². The van der Waals surface area contributed by atoms with Gasteiger partial charge < -0.3 is 20.1 Å². The van der Waals surface area contributed by atoms with E-state index in [0.717, 1.165) is 30.6 Å². The molecule has 1 aromatic carbocycles. The highest BCUT2D eigenvalue weighted by Crippen LogP contribution is 2.35. The Morgan fingerprint density at radius 3 is 2.88 bits per heavy atom. The van der Waals surface area contributed by atoms with E-state index in [2.05, 4.69) is 10.6 Å². The molecule has 1 heterocycles. The summed E-state index contributed by atoms with van der Waals surface area (Å²) in [6.45, 7) is 2.58. The number of rotatable bonds is 6. The van der Waals surface area contributed by atoms with Crippen LogP contribution in [0.4, 0.5) is 0 Å². The molecule has 6 heteroatoms. The van der Waals surface area contributed by atoms with Gasteiger partial charge in [-0.2, -0.15) is 0 Å². The van der Waals surface area contributed by atoms with Crippen molar-refractivity contribution < 1.29 is 19.1 Å². The van der Waals surface area contributed by atoms with Crippen LogP contribution in [-0.2, 0) is 14.3 Å². The SMILES string of the molecule is COCC1CC(=O)NC2CC(NC(=O)COc3ccccc3C)CCC12. The lowest BCUT2D eigenvalue weighted by Crippen LogP contribution is -2.56. The van der Waals surface area contributed by atoms with Crippen LogP contribution in [0, 0.1) is 18.8 Å². The highest BCUT2D eigenvalue weighted by Gasteiger charge is 2.40. The zero-order valence-corrected chi connectivity index (χ0v) is 15.5. The first-order chi connectivity index (χ1) is 12.6. The van der Waals surface area contributed by atoms with E-state index in [0.29, 0.717) is 18.9 Å². The van der Waals surface area contributed by atoms with Crippen molar-refractivity contribution in [2.45, 2.75) is 44.7 Å². The number of methoxy groups -OCH3 is 1. The maximum Gasteiger partial charge on any atom is 0.258 e. The fourth-order valence-electron chi connectivity index (χ4n) is 4.24.